The summed E-state index contributed by atoms with van der Waals surface area (Å²) in [5.74, 6) is 0.884. The number of amides is 2. The van der Waals surface area contributed by atoms with E-state index in [9.17, 15) is 14.0 Å². The Morgan fingerprint density at radius 1 is 1.00 bits per heavy atom. The van der Waals surface area contributed by atoms with Gasteiger partial charge in [0.15, 0.2) is 0 Å². The fraction of sp³-hybridized carbons (Fsp3) is 0.346. The normalized spacial score (nSPS) is 16.1. The molecular weight excluding hydrogens is 479 g/mol. The average molecular weight is 509 g/mol. The van der Waals surface area contributed by atoms with Crippen molar-refractivity contribution in [2.45, 2.75) is 32.4 Å². The van der Waals surface area contributed by atoms with Crippen LogP contribution in [0.5, 0.6) is 17.4 Å². The average Bonchev–Trinajstić information content (AvgIpc) is 2.89. The van der Waals surface area contributed by atoms with Gasteiger partial charge in [-0.15, -0.1) is 0 Å². The Morgan fingerprint density at radius 3 is 2.32 bits per heavy atom. The van der Waals surface area contributed by atoms with Crippen molar-refractivity contribution in [3.8, 4) is 17.4 Å². The first-order chi connectivity index (χ1) is 17.7. The molecular formula is C26H29FN6O4. The maximum atomic E-state index is 13.1. The molecule has 3 heterocycles. The zero-order valence-electron chi connectivity index (χ0n) is 21.1. The lowest BCUT2D eigenvalue weighted by atomic mass is 9.97. The van der Waals surface area contributed by atoms with E-state index >= 15 is 0 Å². The highest BCUT2D eigenvalue weighted by molar-refractivity contribution is 5.94. The highest BCUT2D eigenvalue weighted by Crippen LogP contribution is 2.25. The van der Waals surface area contributed by atoms with Crippen LogP contribution in [0.2, 0.25) is 0 Å². The topological polar surface area (TPSA) is 110 Å². The Labute approximate surface area is 214 Å². The molecule has 0 unspecified atom stereocenters. The lowest BCUT2D eigenvalue weighted by molar-refractivity contribution is -0.122. The van der Waals surface area contributed by atoms with Crippen LogP contribution in [0.15, 0.2) is 55.0 Å². The molecule has 0 bridgehead atoms. The number of ether oxygens (including phenoxy) is 2. The van der Waals surface area contributed by atoms with Gasteiger partial charge >= 0.3 is 0 Å². The van der Waals surface area contributed by atoms with E-state index in [0.29, 0.717) is 42.8 Å². The molecule has 37 heavy (non-hydrogen) atoms. The van der Waals surface area contributed by atoms with Crippen LogP contribution < -0.4 is 14.8 Å². The van der Waals surface area contributed by atoms with Gasteiger partial charge in [-0.05, 0) is 57.2 Å². The zero-order valence-corrected chi connectivity index (χ0v) is 21.1. The number of piperazine rings is 1. The maximum absolute atomic E-state index is 13.1. The van der Waals surface area contributed by atoms with Gasteiger partial charge in [-0.1, -0.05) is 0 Å². The van der Waals surface area contributed by atoms with E-state index in [0.717, 1.165) is 0 Å². The molecule has 0 spiro atoms. The summed E-state index contributed by atoms with van der Waals surface area (Å²) in [7, 11) is 1.49. The molecule has 3 aromatic rings. The van der Waals surface area contributed by atoms with Gasteiger partial charge in [-0.25, -0.2) is 19.3 Å². The van der Waals surface area contributed by atoms with Crippen molar-refractivity contribution in [1.82, 2.24) is 24.8 Å². The third-order valence-corrected chi connectivity index (χ3v) is 6.20. The van der Waals surface area contributed by atoms with Crippen LogP contribution in [0.1, 0.15) is 31.3 Å². The molecule has 0 aliphatic carbocycles. The molecule has 1 fully saturated rings. The third kappa shape index (κ3) is 6.18. The fourth-order valence-corrected chi connectivity index (χ4v) is 4.12. The molecule has 1 saturated heterocycles. The molecule has 0 saturated carbocycles. The first-order valence-electron chi connectivity index (χ1n) is 11.8. The van der Waals surface area contributed by atoms with E-state index in [1.54, 1.807) is 17.0 Å². The molecule has 1 atom stereocenters. The number of pyridine rings is 1. The number of nitrogens with zero attached hydrogens (tertiary/aromatic N) is 5. The lowest BCUT2D eigenvalue weighted by Gasteiger charge is -2.48. The van der Waals surface area contributed by atoms with E-state index in [1.807, 2.05) is 25.7 Å². The number of methoxy groups -OCH3 is 1. The van der Waals surface area contributed by atoms with Crippen LogP contribution in [0.3, 0.4) is 0 Å². The summed E-state index contributed by atoms with van der Waals surface area (Å²) in [6.07, 6.45) is 4.31. The molecule has 4 rings (SSSR count). The lowest BCUT2D eigenvalue weighted by Crippen LogP contribution is -2.63. The largest absolute Gasteiger partial charge is 0.480 e. The van der Waals surface area contributed by atoms with E-state index in [4.69, 9.17) is 9.47 Å². The number of halogens is 1. The van der Waals surface area contributed by atoms with E-state index in [1.165, 1.54) is 50.0 Å². The molecule has 194 valence electrons. The Morgan fingerprint density at radius 2 is 1.73 bits per heavy atom. The van der Waals surface area contributed by atoms with Gasteiger partial charge in [0.05, 0.1) is 37.3 Å². The number of nitrogens with one attached hydrogen (secondary N) is 1. The highest BCUT2D eigenvalue weighted by Gasteiger charge is 2.40. The zero-order chi connectivity index (χ0) is 26.6. The van der Waals surface area contributed by atoms with E-state index in [2.05, 4.69) is 20.3 Å². The van der Waals surface area contributed by atoms with Crippen LogP contribution in [0, 0.1) is 5.82 Å². The number of benzene rings is 1. The van der Waals surface area contributed by atoms with Crippen molar-refractivity contribution >= 4 is 17.6 Å². The number of anilines is 1. The summed E-state index contributed by atoms with van der Waals surface area (Å²) in [6.45, 7) is 7.19. The Balaban J connectivity index is 1.33. The van der Waals surface area contributed by atoms with Gasteiger partial charge in [-0.2, -0.15) is 0 Å². The number of carbonyl (C=O) groups is 2. The number of carbonyl (C=O) groups excluding carboxylic acids is 2. The smallest absolute Gasteiger partial charge is 0.274 e. The molecule has 1 aliphatic rings. The molecule has 11 heteroatoms. The van der Waals surface area contributed by atoms with Crippen LogP contribution in [0.25, 0.3) is 0 Å². The quantitative estimate of drug-likeness (QED) is 0.517. The second kappa shape index (κ2) is 10.9. The van der Waals surface area contributed by atoms with Crippen molar-refractivity contribution in [2.24, 2.45) is 0 Å². The van der Waals surface area contributed by atoms with Crippen molar-refractivity contribution < 1.29 is 23.5 Å². The summed E-state index contributed by atoms with van der Waals surface area (Å²) < 4.78 is 23.7. The van der Waals surface area contributed by atoms with Crippen molar-refractivity contribution in [2.75, 3.05) is 32.1 Å². The first-order valence-corrected chi connectivity index (χ1v) is 11.8. The van der Waals surface area contributed by atoms with Crippen LogP contribution in [-0.2, 0) is 4.79 Å². The number of rotatable bonds is 7. The summed E-state index contributed by atoms with van der Waals surface area (Å²) in [6, 6.07) is 8.52. The van der Waals surface area contributed by atoms with E-state index in [-0.39, 0.29) is 23.3 Å². The maximum Gasteiger partial charge on any atom is 0.274 e. The van der Waals surface area contributed by atoms with Crippen LogP contribution in [0.4, 0.5) is 10.2 Å². The standard InChI is InChI=1S/C26H29FN6O4/c1-17(24(34)31-22-10-9-20(13-29-22)37-19-7-5-18(27)6-8-19)32-11-12-33(26(2,3)16-32)25(35)21-14-30-23(36-4)15-28-21/h5-10,13-15,17H,11-12,16H2,1-4H3,(H,29,31,34)/t17-/m1/s1. The summed E-state index contributed by atoms with van der Waals surface area (Å²) in [5, 5.41) is 2.83. The molecule has 1 aromatic carbocycles. The number of hydrogen-bond donors (Lipinski definition) is 1. The van der Waals surface area contributed by atoms with Gasteiger partial charge in [0.1, 0.15) is 28.8 Å². The monoisotopic (exact) mass is 508 g/mol. The molecule has 0 radical (unpaired) electrons. The van der Waals surface area contributed by atoms with Crippen molar-refractivity contribution in [1.29, 1.82) is 0 Å². The Bertz CT molecular complexity index is 1240. The van der Waals surface area contributed by atoms with Crippen LogP contribution in [-0.4, -0.2) is 74.9 Å². The Hall–Kier alpha value is -4.12. The van der Waals surface area contributed by atoms with Gasteiger partial charge in [0.2, 0.25) is 11.8 Å². The minimum Gasteiger partial charge on any atom is -0.480 e. The molecule has 10 nitrogen and oxygen atoms in total. The summed E-state index contributed by atoms with van der Waals surface area (Å²) in [5.41, 5.74) is -0.297. The fourth-order valence-electron chi connectivity index (χ4n) is 4.12. The molecule has 1 aliphatic heterocycles. The SMILES string of the molecule is COc1cnc(C(=O)N2CCN([C@H](C)C(=O)Nc3ccc(Oc4ccc(F)cc4)cn3)CC2(C)C)cn1. The van der Waals surface area contributed by atoms with Gasteiger partial charge in [0, 0.05) is 19.6 Å². The first kappa shape index (κ1) is 26.0. The van der Waals surface area contributed by atoms with E-state index < -0.39 is 11.6 Å². The van der Waals surface area contributed by atoms with Gasteiger partial charge < -0.3 is 19.7 Å². The van der Waals surface area contributed by atoms with Crippen molar-refractivity contribution in [3.63, 3.8) is 0 Å². The Kier molecular flexibility index (Phi) is 7.63. The minimum absolute atomic E-state index is 0.212. The molecule has 2 amide bonds. The highest BCUT2D eigenvalue weighted by atomic mass is 19.1. The second-order valence-corrected chi connectivity index (χ2v) is 9.28. The molecule has 1 N–H and O–H groups in total. The number of hydrogen-bond acceptors (Lipinski definition) is 8. The molecule has 2 aromatic heterocycles. The van der Waals surface area contributed by atoms with Gasteiger partial charge in [-0.3, -0.25) is 14.5 Å². The van der Waals surface area contributed by atoms with Crippen LogP contribution >= 0.6 is 0 Å². The number of aromatic nitrogens is 3. The predicted molar refractivity (Wildman–Crippen MR) is 134 cm³/mol. The predicted octanol–water partition coefficient (Wildman–Crippen LogP) is 3.38. The minimum atomic E-state index is -0.539. The summed E-state index contributed by atoms with van der Waals surface area (Å²) in [4.78, 5) is 42.3. The summed E-state index contributed by atoms with van der Waals surface area (Å²) >= 11 is 0. The van der Waals surface area contributed by atoms with Crippen molar-refractivity contribution in [3.05, 3.63) is 66.5 Å². The third-order valence-electron chi connectivity index (χ3n) is 6.20. The second-order valence-electron chi connectivity index (χ2n) is 9.28. The van der Waals surface area contributed by atoms with Gasteiger partial charge in [0.25, 0.3) is 5.91 Å².